The van der Waals surface area contributed by atoms with Crippen LogP contribution in [0.5, 0.6) is 0 Å². The molecule has 0 unspecified atom stereocenters. The van der Waals surface area contributed by atoms with Crippen LogP contribution < -0.4 is 0 Å². The first-order chi connectivity index (χ1) is 8.71. The van der Waals surface area contributed by atoms with Crippen LogP contribution in [-0.2, 0) is 10.2 Å². The highest BCUT2D eigenvalue weighted by Crippen LogP contribution is 2.37. The molecule has 0 N–H and O–H groups in total. The maximum atomic E-state index is 12.1. The van der Waals surface area contributed by atoms with Crippen molar-refractivity contribution in [3.05, 3.63) is 71.8 Å². The summed E-state index contributed by atoms with van der Waals surface area (Å²) in [7, 11) is 0. The lowest BCUT2D eigenvalue weighted by Gasteiger charge is -2.30. The first-order valence-electron chi connectivity index (χ1n) is 6.03. The van der Waals surface area contributed by atoms with Crippen molar-refractivity contribution in [3.8, 4) is 0 Å². The van der Waals surface area contributed by atoms with E-state index in [1.807, 2.05) is 67.6 Å². The lowest BCUT2D eigenvalue weighted by Crippen LogP contribution is -2.33. The number of hydrogen-bond acceptors (Lipinski definition) is 1. The van der Waals surface area contributed by atoms with Gasteiger partial charge < -0.3 is 0 Å². The van der Waals surface area contributed by atoms with E-state index >= 15 is 0 Å². The third kappa shape index (κ3) is 2.06. The summed E-state index contributed by atoms with van der Waals surface area (Å²) in [5, 5.41) is -0.331. The molecule has 0 heterocycles. The number of carbonyl (C=O) groups is 1. The number of benzene rings is 2. The largest absolute Gasteiger partial charge is 0.280 e. The fourth-order valence-electron chi connectivity index (χ4n) is 2.39. The van der Waals surface area contributed by atoms with Gasteiger partial charge in [-0.2, -0.15) is 0 Å². The Morgan fingerprint density at radius 1 is 0.944 bits per heavy atom. The number of halogens is 1. The number of hydrogen-bond donors (Lipinski definition) is 0. The van der Waals surface area contributed by atoms with Crippen LogP contribution in [0.4, 0.5) is 0 Å². The molecule has 0 radical (unpaired) electrons. The first-order valence-corrected chi connectivity index (χ1v) is 6.40. The monoisotopic (exact) mass is 258 g/mol. The molecule has 0 aliphatic rings. The van der Waals surface area contributed by atoms with Crippen LogP contribution >= 0.6 is 11.6 Å². The molecule has 0 aliphatic heterocycles. The average Bonchev–Trinajstić information content (AvgIpc) is 2.42. The molecule has 0 aliphatic carbocycles. The first kappa shape index (κ1) is 12.8. The predicted octanol–water partition coefficient (Wildman–Crippen LogP) is 4.15. The highest BCUT2D eigenvalue weighted by molar-refractivity contribution is 6.66. The Morgan fingerprint density at radius 2 is 1.33 bits per heavy atom. The van der Waals surface area contributed by atoms with Crippen LogP contribution in [0.3, 0.4) is 0 Å². The van der Waals surface area contributed by atoms with Gasteiger partial charge in [-0.3, -0.25) is 4.79 Å². The van der Waals surface area contributed by atoms with Crippen molar-refractivity contribution in [2.24, 2.45) is 0 Å². The van der Waals surface area contributed by atoms with Gasteiger partial charge in [0, 0.05) is 0 Å². The highest BCUT2D eigenvalue weighted by atomic mass is 35.5. The van der Waals surface area contributed by atoms with Crippen LogP contribution in [-0.4, -0.2) is 5.24 Å². The zero-order valence-corrected chi connectivity index (χ0v) is 11.0. The highest BCUT2D eigenvalue weighted by Gasteiger charge is 2.38. The Morgan fingerprint density at radius 3 is 1.61 bits per heavy atom. The summed E-state index contributed by atoms with van der Waals surface area (Å²) in [4.78, 5) is 12.1. The van der Waals surface area contributed by atoms with E-state index in [1.165, 1.54) is 0 Å². The van der Waals surface area contributed by atoms with Gasteiger partial charge in [-0.25, -0.2) is 0 Å². The van der Waals surface area contributed by atoms with E-state index in [2.05, 4.69) is 0 Å². The van der Waals surface area contributed by atoms with Gasteiger partial charge in [0.05, 0.1) is 5.41 Å². The Hall–Kier alpha value is -1.60. The SMILES string of the molecule is CCC(C(=O)Cl)(c1ccccc1)c1ccccc1. The molecule has 2 aromatic rings. The maximum absolute atomic E-state index is 12.1. The summed E-state index contributed by atoms with van der Waals surface area (Å²) in [6.07, 6.45) is 0.642. The fourth-order valence-corrected chi connectivity index (χ4v) is 2.74. The van der Waals surface area contributed by atoms with Crippen molar-refractivity contribution in [1.82, 2.24) is 0 Å². The van der Waals surface area contributed by atoms with Crippen molar-refractivity contribution in [3.63, 3.8) is 0 Å². The van der Waals surface area contributed by atoms with Crippen LogP contribution in [0.1, 0.15) is 24.5 Å². The van der Waals surface area contributed by atoms with E-state index in [0.717, 1.165) is 11.1 Å². The van der Waals surface area contributed by atoms with Gasteiger partial charge in [-0.1, -0.05) is 67.6 Å². The topological polar surface area (TPSA) is 17.1 Å². The summed E-state index contributed by atoms with van der Waals surface area (Å²) in [5.41, 5.74) is 1.14. The minimum Gasteiger partial charge on any atom is -0.280 e. The lowest BCUT2D eigenvalue weighted by atomic mass is 9.73. The maximum Gasteiger partial charge on any atom is 0.236 e. The normalized spacial score (nSPS) is 11.2. The standard InChI is InChI=1S/C16H15ClO/c1-2-16(15(17)18,13-9-5-3-6-10-13)14-11-7-4-8-12-14/h3-12H,2H2,1H3. The van der Waals surface area contributed by atoms with Crippen molar-refractivity contribution >= 4 is 16.8 Å². The average molecular weight is 259 g/mol. The van der Waals surface area contributed by atoms with E-state index in [0.29, 0.717) is 6.42 Å². The molecule has 2 heteroatoms. The molecule has 92 valence electrons. The van der Waals surface area contributed by atoms with E-state index in [4.69, 9.17) is 11.6 Å². The Kier molecular flexibility index (Phi) is 3.83. The Balaban J connectivity index is 2.65. The lowest BCUT2D eigenvalue weighted by molar-refractivity contribution is -0.115. The molecule has 0 aromatic heterocycles. The van der Waals surface area contributed by atoms with Crippen molar-refractivity contribution in [1.29, 1.82) is 0 Å². The Labute approximate surface area is 112 Å². The molecule has 0 bridgehead atoms. The van der Waals surface area contributed by atoms with Gasteiger partial charge in [-0.05, 0) is 29.1 Å². The molecule has 0 saturated heterocycles. The van der Waals surface area contributed by atoms with Gasteiger partial charge in [0.25, 0.3) is 0 Å². The smallest absolute Gasteiger partial charge is 0.236 e. The van der Waals surface area contributed by atoms with E-state index in [9.17, 15) is 4.79 Å². The van der Waals surface area contributed by atoms with Gasteiger partial charge in [0.1, 0.15) is 0 Å². The third-order valence-corrected chi connectivity index (χ3v) is 3.72. The van der Waals surface area contributed by atoms with Crippen molar-refractivity contribution in [2.75, 3.05) is 0 Å². The van der Waals surface area contributed by atoms with E-state index in [-0.39, 0.29) is 5.24 Å². The molecular formula is C16H15ClO. The zero-order chi connectivity index (χ0) is 13.0. The summed E-state index contributed by atoms with van der Waals surface area (Å²) < 4.78 is 0. The number of carbonyl (C=O) groups excluding carboxylic acids is 1. The quantitative estimate of drug-likeness (QED) is 0.753. The molecule has 0 saturated carbocycles. The Bertz CT molecular complexity index is 480. The molecule has 0 atom stereocenters. The van der Waals surface area contributed by atoms with Crippen LogP contribution in [0, 0.1) is 0 Å². The summed E-state index contributed by atoms with van der Waals surface area (Å²) in [6.45, 7) is 1.99. The third-order valence-electron chi connectivity index (χ3n) is 3.40. The second-order valence-corrected chi connectivity index (χ2v) is 4.61. The van der Waals surface area contributed by atoms with Crippen LogP contribution in [0.25, 0.3) is 0 Å². The van der Waals surface area contributed by atoms with E-state index < -0.39 is 5.41 Å². The van der Waals surface area contributed by atoms with Gasteiger partial charge in [0.2, 0.25) is 5.24 Å². The summed E-state index contributed by atoms with van der Waals surface area (Å²) in [5.74, 6) is 0. The zero-order valence-electron chi connectivity index (χ0n) is 10.3. The van der Waals surface area contributed by atoms with Crippen LogP contribution in [0.15, 0.2) is 60.7 Å². The van der Waals surface area contributed by atoms with Gasteiger partial charge in [0.15, 0.2) is 0 Å². The molecule has 1 nitrogen and oxygen atoms in total. The van der Waals surface area contributed by atoms with Gasteiger partial charge >= 0.3 is 0 Å². The van der Waals surface area contributed by atoms with Crippen molar-refractivity contribution < 1.29 is 4.79 Å². The molecule has 2 aromatic carbocycles. The summed E-state index contributed by atoms with van der Waals surface area (Å²) >= 11 is 5.93. The fraction of sp³-hybridized carbons (Fsp3) is 0.188. The molecule has 0 amide bonds. The second kappa shape index (κ2) is 5.36. The summed E-state index contributed by atoms with van der Waals surface area (Å²) in [6, 6.07) is 19.4. The second-order valence-electron chi connectivity index (χ2n) is 4.26. The van der Waals surface area contributed by atoms with Crippen molar-refractivity contribution in [2.45, 2.75) is 18.8 Å². The van der Waals surface area contributed by atoms with E-state index in [1.54, 1.807) is 0 Å². The minimum absolute atomic E-state index is 0.331. The van der Waals surface area contributed by atoms with Gasteiger partial charge in [-0.15, -0.1) is 0 Å². The molecule has 0 fully saturated rings. The van der Waals surface area contributed by atoms with Crippen LogP contribution in [0.2, 0.25) is 0 Å². The minimum atomic E-state index is -0.746. The molecular weight excluding hydrogens is 244 g/mol. The predicted molar refractivity (Wildman–Crippen MR) is 74.8 cm³/mol. The molecule has 18 heavy (non-hydrogen) atoms. The number of rotatable bonds is 4. The molecule has 0 spiro atoms. The molecule has 2 rings (SSSR count).